The highest BCUT2D eigenvalue weighted by molar-refractivity contribution is 5.45. The summed E-state index contributed by atoms with van der Waals surface area (Å²) in [7, 11) is 0. The van der Waals surface area contributed by atoms with E-state index < -0.39 is 11.6 Å². The van der Waals surface area contributed by atoms with Crippen molar-refractivity contribution >= 4 is 0 Å². The first-order valence-electron chi connectivity index (χ1n) is 8.13. The minimum atomic E-state index is -0.835. The van der Waals surface area contributed by atoms with Crippen molar-refractivity contribution < 1.29 is 13.2 Å². The molecule has 1 aliphatic heterocycles. The Labute approximate surface area is 143 Å². The lowest BCUT2D eigenvalue weighted by molar-refractivity contribution is 0.215. The predicted octanol–water partition coefficient (Wildman–Crippen LogP) is 3.75. The van der Waals surface area contributed by atoms with E-state index in [0.717, 1.165) is 31.0 Å². The maximum absolute atomic E-state index is 13.4. The Kier molecular flexibility index (Phi) is 4.23. The van der Waals surface area contributed by atoms with E-state index in [9.17, 15) is 8.78 Å². The highest BCUT2D eigenvalue weighted by atomic mass is 19.2. The minimum absolute atomic E-state index is 0.0296. The molecule has 5 nitrogen and oxygen atoms in total. The number of aromatic nitrogens is 3. The predicted molar refractivity (Wildman–Crippen MR) is 86.3 cm³/mol. The van der Waals surface area contributed by atoms with Gasteiger partial charge in [0.05, 0.1) is 6.04 Å². The van der Waals surface area contributed by atoms with E-state index in [2.05, 4.69) is 20.1 Å². The molecule has 128 valence electrons. The molecule has 3 heterocycles. The monoisotopic (exact) mass is 342 g/mol. The number of likely N-dealkylation sites (tertiary alicyclic amines) is 1. The molecule has 7 heteroatoms. The Morgan fingerprint density at radius 1 is 1.12 bits per heavy atom. The smallest absolute Gasteiger partial charge is 0.266 e. The van der Waals surface area contributed by atoms with Crippen molar-refractivity contribution in [1.29, 1.82) is 0 Å². The Morgan fingerprint density at radius 2 is 2.04 bits per heavy atom. The fourth-order valence-corrected chi connectivity index (χ4v) is 3.13. The summed E-state index contributed by atoms with van der Waals surface area (Å²) in [5, 5.41) is 8.25. The van der Waals surface area contributed by atoms with Gasteiger partial charge >= 0.3 is 0 Å². The molecule has 1 unspecified atom stereocenters. The summed E-state index contributed by atoms with van der Waals surface area (Å²) in [4.78, 5) is 6.35. The second-order valence-electron chi connectivity index (χ2n) is 6.04. The lowest BCUT2D eigenvalue weighted by Crippen LogP contribution is -2.23. The summed E-state index contributed by atoms with van der Waals surface area (Å²) in [5.74, 6) is -0.752. The van der Waals surface area contributed by atoms with E-state index in [1.807, 2.05) is 18.2 Å². The van der Waals surface area contributed by atoms with Gasteiger partial charge in [0.25, 0.3) is 5.89 Å². The van der Waals surface area contributed by atoms with Crippen LogP contribution in [-0.4, -0.2) is 26.6 Å². The number of rotatable bonds is 4. The van der Waals surface area contributed by atoms with Crippen molar-refractivity contribution in [3.8, 4) is 11.6 Å². The molecule has 0 amide bonds. The highest BCUT2D eigenvalue weighted by Gasteiger charge is 2.30. The summed E-state index contributed by atoms with van der Waals surface area (Å²) >= 11 is 0. The average molecular weight is 342 g/mol. The molecule has 1 atom stereocenters. The molecule has 0 radical (unpaired) electrons. The topological polar surface area (TPSA) is 55.1 Å². The fraction of sp³-hybridized carbons (Fsp3) is 0.278. The summed E-state index contributed by atoms with van der Waals surface area (Å²) in [6, 6.07) is 9.45. The van der Waals surface area contributed by atoms with Crippen LogP contribution in [0.2, 0.25) is 0 Å². The number of pyridine rings is 1. The second kappa shape index (κ2) is 6.68. The zero-order valence-electron chi connectivity index (χ0n) is 13.4. The van der Waals surface area contributed by atoms with Gasteiger partial charge in [-0.3, -0.25) is 9.88 Å². The van der Waals surface area contributed by atoms with Crippen LogP contribution in [0.5, 0.6) is 0 Å². The van der Waals surface area contributed by atoms with Gasteiger partial charge in [0.1, 0.15) is 5.69 Å². The van der Waals surface area contributed by atoms with Crippen molar-refractivity contribution in [1.82, 2.24) is 20.1 Å². The van der Waals surface area contributed by atoms with Gasteiger partial charge in [-0.25, -0.2) is 8.78 Å². The largest absolute Gasteiger partial charge is 0.418 e. The van der Waals surface area contributed by atoms with Crippen LogP contribution in [0.3, 0.4) is 0 Å². The third kappa shape index (κ3) is 3.28. The molecule has 0 N–H and O–H groups in total. The van der Waals surface area contributed by atoms with E-state index in [1.54, 1.807) is 12.3 Å². The van der Waals surface area contributed by atoms with Crippen LogP contribution in [0.15, 0.2) is 47.0 Å². The summed E-state index contributed by atoms with van der Waals surface area (Å²) in [6.07, 6.45) is 3.54. The van der Waals surface area contributed by atoms with Gasteiger partial charge < -0.3 is 4.42 Å². The average Bonchev–Trinajstić information content (AvgIpc) is 3.28. The van der Waals surface area contributed by atoms with Crippen molar-refractivity contribution in [2.24, 2.45) is 0 Å². The summed E-state index contributed by atoms with van der Waals surface area (Å²) in [6.45, 7) is 1.34. The van der Waals surface area contributed by atoms with Crippen molar-refractivity contribution in [3.05, 3.63) is 65.7 Å². The van der Waals surface area contributed by atoms with Crippen molar-refractivity contribution in [2.45, 2.75) is 25.4 Å². The number of nitrogens with zero attached hydrogens (tertiary/aromatic N) is 4. The van der Waals surface area contributed by atoms with Gasteiger partial charge in [-0.15, -0.1) is 10.2 Å². The third-order valence-electron chi connectivity index (χ3n) is 4.34. The lowest BCUT2D eigenvalue weighted by atomic mass is 10.1. The van der Waals surface area contributed by atoms with Gasteiger partial charge in [-0.05, 0) is 49.2 Å². The Morgan fingerprint density at radius 3 is 2.84 bits per heavy atom. The zero-order valence-corrected chi connectivity index (χ0v) is 13.4. The Balaban J connectivity index is 1.53. The maximum Gasteiger partial charge on any atom is 0.266 e. The number of benzene rings is 1. The number of halogens is 2. The molecule has 0 saturated carbocycles. The minimum Gasteiger partial charge on any atom is -0.418 e. The van der Waals surface area contributed by atoms with Crippen LogP contribution < -0.4 is 0 Å². The van der Waals surface area contributed by atoms with Crippen LogP contribution >= 0.6 is 0 Å². The third-order valence-corrected chi connectivity index (χ3v) is 4.34. The van der Waals surface area contributed by atoms with Gasteiger partial charge in [0, 0.05) is 12.7 Å². The molecule has 1 aliphatic rings. The molecule has 1 fully saturated rings. The first-order valence-corrected chi connectivity index (χ1v) is 8.13. The van der Waals surface area contributed by atoms with Crippen LogP contribution in [-0.2, 0) is 6.54 Å². The summed E-state index contributed by atoms with van der Waals surface area (Å²) in [5.41, 5.74) is 1.35. The van der Waals surface area contributed by atoms with Crippen LogP contribution in [0.1, 0.15) is 30.3 Å². The lowest BCUT2D eigenvalue weighted by Gasteiger charge is -2.21. The van der Waals surface area contributed by atoms with E-state index in [4.69, 9.17) is 4.42 Å². The van der Waals surface area contributed by atoms with Gasteiger partial charge in [0.15, 0.2) is 11.6 Å². The molecule has 25 heavy (non-hydrogen) atoms. The summed E-state index contributed by atoms with van der Waals surface area (Å²) < 4.78 is 32.3. The molecular formula is C18H16F2N4O. The molecule has 2 aromatic heterocycles. The maximum atomic E-state index is 13.4. The van der Waals surface area contributed by atoms with Crippen LogP contribution in [0.4, 0.5) is 8.78 Å². The normalized spacial score (nSPS) is 17.9. The zero-order chi connectivity index (χ0) is 17.2. The Bertz CT molecular complexity index is 869. The van der Waals surface area contributed by atoms with E-state index in [-0.39, 0.29) is 6.04 Å². The first-order chi connectivity index (χ1) is 12.2. The first kappa shape index (κ1) is 15.8. The quantitative estimate of drug-likeness (QED) is 0.723. The van der Waals surface area contributed by atoms with Gasteiger partial charge in [-0.2, -0.15) is 0 Å². The van der Waals surface area contributed by atoms with Gasteiger partial charge in [0.2, 0.25) is 5.89 Å². The molecule has 4 rings (SSSR count). The second-order valence-corrected chi connectivity index (χ2v) is 6.04. The molecule has 1 aromatic carbocycles. The van der Waals surface area contributed by atoms with Crippen molar-refractivity contribution in [3.63, 3.8) is 0 Å². The highest BCUT2D eigenvalue weighted by Crippen LogP contribution is 2.33. The SMILES string of the molecule is Fc1ccc(CN2CCCC2c2nnc(-c3ccccn3)o2)cc1F. The van der Waals surface area contributed by atoms with Gasteiger partial charge in [-0.1, -0.05) is 12.1 Å². The standard InChI is InChI=1S/C18H16F2N4O/c19-13-7-6-12(10-14(13)20)11-24-9-3-5-16(24)18-23-22-17(25-18)15-4-1-2-8-21-15/h1-2,4,6-8,10,16H,3,5,9,11H2. The molecule has 3 aromatic rings. The number of hydrogen-bond donors (Lipinski definition) is 0. The molecule has 0 aliphatic carbocycles. The molecule has 0 bridgehead atoms. The molecule has 0 spiro atoms. The fourth-order valence-electron chi connectivity index (χ4n) is 3.13. The molecular weight excluding hydrogens is 326 g/mol. The van der Waals surface area contributed by atoms with E-state index in [1.165, 1.54) is 6.07 Å². The van der Waals surface area contributed by atoms with Crippen molar-refractivity contribution in [2.75, 3.05) is 6.54 Å². The van der Waals surface area contributed by atoms with E-state index in [0.29, 0.717) is 24.0 Å². The van der Waals surface area contributed by atoms with Crippen LogP contribution in [0, 0.1) is 11.6 Å². The molecule has 1 saturated heterocycles. The van der Waals surface area contributed by atoms with Crippen LogP contribution in [0.25, 0.3) is 11.6 Å². The number of hydrogen-bond acceptors (Lipinski definition) is 5. The van der Waals surface area contributed by atoms with E-state index >= 15 is 0 Å². The Hall–Kier alpha value is -2.67.